The second-order valence-corrected chi connectivity index (χ2v) is 7.73. The molecule has 0 aromatic heterocycles. The molecule has 7 heteroatoms. The van der Waals surface area contributed by atoms with Crippen molar-refractivity contribution < 1.29 is 19.8 Å². The molecule has 1 rings (SSSR count). The fourth-order valence-electron chi connectivity index (χ4n) is 2.28. The summed E-state index contributed by atoms with van der Waals surface area (Å²) in [7, 11) is 0. The standard InChI is InChI=1S/C18H28N2O4S/c1-18(2,25)16(17(24)19-11-14(22)12-21)20-15(23)10-6-9-13-7-4-3-5-8-13/h3-5,7-8,14,16,21-22,25H,6,9-12H2,1-2H3,(H,19,24)(H,20,23). The van der Waals surface area contributed by atoms with E-state index < -0.39 is 29.4 Å². The molecule has 1 aromatic rings. The van der Waals surface area contributed by atoms with E-state index in [1.165, 1.54) is 0 Å². The average Bonchev–Trinajstić information content (AvgIpc) is 2.57. The van der Waals surface area contributed by atoms with Crippen LogP contribution in [0.3, 0.4) is 0 Å². The molecule has 1 aromatic carbocycles. The third-order valence-corrected chi connectivity index (χ3v) is 3.97. The summed E-state index contributed by atoms with van der Waals surface area (Å²) >= 11 is 4.39. The Morgan fingerprint density at radius 1 is 1.24 bits per heavy atom. The summed E-state index contributed by atoms with van der Waals surface area (Å²) in [6.07, 6.45) is 0.745. The molecule has 25 heavy (non-hydrogen) atoms. The first-order valence-corrected chi connectivity index (χ1v) is 8.81. The van der Waals surface area contributed by atoms with Crippen LogP contribution >= 0.6 is 12.6 Å². The quantitative estimate of drug-likeness (QED) is 0.392. The predicted octanol–water partition coefficient (Wildman–Crippen LogP) is 0.672. The number of aliphatic hydroxyl groups is 2. The van der Waals surface area contributed by atoms with Crippen molar-refractivity contribution in [1.29, 1.82) is 0 Å². The van der Waals surface area contributed by atoms with Crippen LogP contribution in [0.15, 0.2) is 30.3 Å². The van der Waals surface area contributed by atoms with Crippen LogP contribution in [0.5, 0.6) is 0 Å². The third-order valence-electron chi connectivity index (χ3n) is 3.71. The van der Waals surface area contributed by atoms with E-state index >= 15 is 0 Å². The molecular weight excluding hydrogens is 340 g/mol. The number of carbonyl (C=O) groups is 2. The molecule has 0 saturated carbocycles. The first kappa shape index (κ1) is 21.5. The van der Waals surface area contributed by atoms with Gasteiger partial charge in [-0.05, 0) is 32.3 Å². The molecule has 0 bridgehead atoms. The number of aliphatic hydroxyl groups excluding tert-OH is 2. The van der Waals surface area contributed by atoms with Crippen molar-refractivity contribution in [2.24, 2.45) is 0 Å². The summed E-state index contributed by atoms with van der Waals surface area (Å²) in [4.78, 5) is 24.4. The second kappa shape index (κ2) is 10.4. The van der Waals surface area contributed by atoms with Crippen molar-refractivity contribution >= 4 is 24.4 Å². The van der Waals surface area contributed by atoms with E-state index in [1.54, 1.807) is 13.8 Å². The van der Waals surface area contributed by atoms with E-state index in [2.05, 4.69) is 23.3 Å². The van der Waals surface area contributed by atoms with Crippen LogP contribution < -0.4 is 10.6 Å². The van der Waals surface area contributed by atoms with Gasteiger partial charge in [0.15, 0.2) is 0 Å². The number of benzene rings is 1. The third kappa shape index (κ3) is 8.38. The Balaban J connectivity index is 2.50. The van der Waals surface area contributed by atoms with E-state index in [0.717, 1.165) is 12.0 Å². The first-order valence-electron chi connectivity index (χ1n) is 8.36. The van der Waals surface area contributed by atoms with Gasteiger partial charge >= 0.3 is 0 Å². The normalized spacial score (nSPS) is 13.8. The molecule has 0 spiro atoms. The van der Waals surface area contributed by atoms with Crippen LogP contribution in [0.4, 0.5) is 0 Å². The van der Waals surface area contributed by atoms with E-state index in [9.17, 15) is 14.7 Å². The lowest BCUT2D eigenvalue weighted by Crippen LogP contribution is -2.56. The van der Waals surface area contributed by atoms with Gasteiger partial charge in [-0.25, -0.2) is 0 Å². The SMILES string of the molecule is CC(C)(S)C(NC(=O)CCCc1ccccc1)C(=O)NCC(O)CO. The number of aryl methyl sites for hydroxylation is 1. The van der Waals surface area contributed by atoms with E-state index in [-0.39, 0.29) is 12.5 Å². The Morgan fingerprint density at radius 3 is 2.44 bits per heavy atom. The van der Waals surface area contributed by atoms with Gasteiger partial charge in [-0.1, -0.05) is 30.3 Å². The number of amides is 2. The van der Waals surface area contributed by atoms with E-state index in [0.29, 0.717) is 12.8 Å². The average molecular weight is 368 g/mol. The van der Waals surface area contributed by atoms with Crippen molar-refractivity contribution in [3.05, 3.63) is 35.9 Å². The van der Waals surface area contributed by atoms with Gasteiger partial charge in [0.25, 0.3) is 0 Å². The van der Waals surface area contributed by atoms with Crippen LogP contribution in [0.1, 0.15) is 32.3 Å². The van der Waals surface area contributed by atoms with Gasteiger partial charge in [0, 0.05) is 17.7 Å². The maximum absolute atomic E-state index is 12.3. The van der Waals surface area contributed by atoms with Gasteiger partial charge in [0.05, 0.1) is 12.7 Å². The molecule has 0 radical (unpaired) electrons. The van der Waals surface area contributed by atoms with Crippen LogP contribution in [-0.2, 0) is 16.0 Å². The molecule has 0 heterocycles. The van der Waals surface area contributed by atoms with Crippen LogP contribution in [0, 0.1) is 0 Å². The predicted molar refractivity (Wildman–Crippen MR) is 100 cm³/mol. The van der Waals surface area contributed by atoms with Gasteiger partial charge in [-0.15, -0.1) is 0 Å². The lowest BCUT2D eigenvalue weighted by atomic mass is 10.0. The molecule has 0 aliphatic heterocycles. The minimum atomic E-state index is -1.03. The summed E-state index contributed by atoms with van der Waals surface area (Å²) in [5.74, 6) is -0.662. The van der Waals surface area contributed by atoms with Crippen molar-refractivity contribution in [1.82, 2.24) is 10.6 Å². The Hall–Kier alpha value is -1.57. The molecule has 6 nitrogen and oxygen atoms in total. The van der Waals surface area contributed by atoms with E-state index in [1.807, 2.05) is 30.3 Å². The van der Waals surface area contributed by atoms with Crippen molar-refractivity contribution in [2.75, 3.05) is 13.2 Å². The summed E-state index contributed by atoms with van der Waals surface area (Å²) in [5, 5.41) is 23.4. The lowest BCUT2D eigenvalue weighted by molar-refractivity contribution is -0.130. The second-order valence-electron chi connectivity index (χ2n) is 6.57. The van der Waals surface area contributed by atoms with E-state index in [4.69, 9.17) is 5.11 Å². The minimum Gasteiger partial charge on any atom is -0.394 e. The van der Waals surface area contributed by atoms with Gasteiger partial charge in [0.1, 0.15) is 6.04 Å². The number of rotatable bonds is 10. The number of nitrogens with one attached hydrogen (secondary N) is 2. The van der Waals surface area contributed by atoms with Gasteiger partial charge in [-0.3, -0.25) is 9.59 Å². The summed E-state index contributed by atoms with van der Waals surface area (Å²) in [6, 6.07) is 9.04. The highest BCUT2D eigenvalue weighted by atomic mass is 32.1. The molecular formula is C18H28N2O4S. The molecule has 0 fully saturated rings. The molecule has 4 N–H and O–H groups in total. The highest BCUT2D eigenvalue weighted by Gasteiger charge is 2.33. The van der Waals surface area contributed by atoms with Crippen LogP contribution in [0.25, 0.3) is 0 Å². The van der Waals surface area contributed by atoms with Crippen molar-refractivity contribution in [2.45, 2.75) is 50.0 Å². The summed E-state index contributed by atoms with van der Waals surface area (Å²) in [6.45, 7) is 2.93. The zero-order valence-electron chi connectivity index (χ0n) is 14.7. The zero-order valence-corrected chi connectivity index (χ0v) is 15.6. The fraction of sp³-hybridized carbons (Fsp3) is 0.556. The number of thiol groups is 1. The molecule has 0 aliphatic rings. The first-order chi connectivity index (χ1) is 11.7. The number of hydrogen-bond donors (Lipinski definition) is 5. The Bertz CT molecular complexity index is 546. The van der Waals surface area contributed by atoms with Gasteiger partial charge in [-0.2, -0.15) is 12.6 Å². The maximum Gasteiger partial charge on any atom is 0.244 e. The molecule has 0 saturated heterocycles. The smallest absolute Gasteiger partial charge is 0.244 e. The Morgan fingerprint density at radius 2 is 1.88 bits per heavy atom. The summed E-state index contributed by atoms with van der Waals surface area (Å²) in [5.41, 5.74) is 1.16. The largest absolute Gasteiger partial charge is 0.394 e. The topological polar surface area (TPSA) is 98.7 Å². The number of hydrogen-bond acceptors (Lipinski definition) is 5. The number of carbonyl (C=O) groups excluding carboxylic acids is 2. The maximum atomic E-state index is 12.3. The fourth-order valence-corrected chi connectivity index (χ4v) is 2.46. The molecule has 2 atom stereocenters. The Kier molecular flexibility index (Phi) is 8.96. The molecule has 2 unspecified atom stereocenters. The monoisotopic (exact) mass is 368 g/mol. The van der Waals surface area contributed by atoms with Crippen molar-refractivity contribution in [3.63, 3.8) is 0 Å². The molecule has 0 aliphatic carbocycles. The van der Waals surface area contributed by atoms with Gasteiger partial charge in [0.2, 0.25) is 11.8 Å². The summed E-state index contributed by atoms with van der Waals surface area (Å²) < 4.78 is -0.774. The lowest BCUT2D eigenvalue weighted by Gasteiger charge is -2.29. The van der Waals surface area contributed by atoms with Gasteiger partial charge < -0.3 is 20.8 Å². The van der Waals surface area contributed by atoms with Crippen LogP contribution in [-0.4, -0.2) is 52.1 Å². The molecule has 2 amide bonds. The van der Waals surface area contributed by atoms with Crippen molar-refractivity contribution in [3.8, 4) is 0 Å². The minimum absolute atomic E-state index is 0.0838. The zero-order chi connectivity index (χ0) is 18.9. The van der Waals surface area contributed by atoms with Crippen LogP contribution in [0.2, 0.25) is 0 Å². The molecule has 140 valence electrons. The highest BCUT2D eigenvalue weighted by Crippen LogP contribution is 2.18. The Labute approximate surface area is 154 Å². The highest BCUT2D eigenvalue weighted by molar-refractivity contribution is 7.81.